The Labute approximate surface area is 369 Å². The maximum atomic E-state index is 13.8. The SMILES string of the molecule is O=[N+]([O-])c1cc(S(=O)(=O)Nc2ncnc3cc(N4CCN(Cc5cc(Cl)ccc5-c5ccccc5)CC4)ccc23)ccc1N[C@H](CCN1CCOCC1)CSc1ccc(F)cc1. The van der Waals surface area contributed by atoms with Crippen LogP contribution in [-0.2, 0) is 21.3 Å². The van der Waals surface area contributed by atoms with Gasteiger partial charge in [0.15, 0.2) is 5.82 Å². The van der Waals surface area contributed by atoms with Crippen molar-refractivity contribution in [3.63, 3.8) is 0 Å². The van der Waals surface area contributed by atoms with Crippen LogP contribution < -0.4 is 14.9 Å². The summed E-state index contributed by atoms with van der Waals surface area (Å²) < 4.78 is 49.3. The molecule has 1 aromatic heterocycles. The first-order chi connectivity index (χ1) is 30.1. The van der Waals surface area contributed by atoms with Crippen LogP contribution in [-0.4, -0.2) is 104 Å². The van der Waals surface area contributed by atoms with Crippen LogP contribution in [0.1, 0.15) is 12.0 Å². The summed E-state index contributed by atoms with van der Waals surface area (Å²) in [5.41, 5.74) is 4.82. The van der Waals surface area contributed by atoms with E-state index in [1.807, 2.05) is 42.5 Å². The molecule has 2 saturated heterocycles. The van der Waals surface area contributed by atoms with Gasteiger partial charge in [0, 0.05) is 91.2 Å². The molecule has 2 aliphatic heterocycles. The molecule has 62 heavy (non-hydrogen) atoms. The van der Waals surface area contributed by atoms with Crippen molar-refractivity contribution >= 4 is 67.2 Å². The molecule has 6 aromatic rings. The van der Waals surface area contributed by atoms with E-state index in [0.29, 0.717) is 41.3 Å². The average Bonchev–Trinajstić information content (AvgIpc) is 3.28. The molecule has 322 valence electrons. The van der Waals surface area contributed by atoms with Crippen molar-refractivity contribution in [2.45, 2.75) is 28.8 Å². The average molecular weight is 897 g/mol. The third-order valence-corrected chi connectivity index (χ3v) is 13.9. The molecule has 0 bridgehead atoms. The van der Waals surface area contributed by atoms with E-state index in [-0.39, 0.29) is 33.9 Å². The first kappa shape index (κ1) is 43.3. The van der Waals surface area contributed by atoms with E-state index in [1.54, 1.807) is 18.2 Å². The molecule has 2 aliphatic rings. The number of hydrogen-bond donors (Lipinski definition) is 2. The number of thioether (sulfide) groups is 1. The second-order valence-corrected chi connectivity index (χ2v) is 18.5. The number of anilines is 3. The van der Waals surface area contributed by atoms with E-state index in [2.05, 4.69) is 52.9 Å². The van der Waals surface area contributed by atoms with Gasteiger partial charge in [0.05, 0.1) is 28.5 Å². The zero-order valence-electron chi connectivity index (χ0n) is 33.8. The second kappa shape index (κ2) is 19.8. The molecule has 3 heterocycles. The number of piperazine rings is 1. The molecule has 2 fully saturated rings. The third kappa shape index (κ3) is 10.8. The molecule has 13 nitrogen and oxygen atoms in total. The van der Waals surface area contributed by atoms with Crippen LogP contribution in [0.15, 0.2) is 125 Å². The minimum Gasteiger partial charge on any atom is -0.379 e. The molecule has 0 unspecified atom stereocenters. The summed E-state index contributed by atoms with van der Waals surface area (Å²) in [6, 6.07) is 31.8. The molecule has 0 spiro atoms. The number of nitro groups is 1. The molecule has 0 saturated carbocycles. The predicted octanol–water partition coefficient (Wildman–Crippen LogP) is 8.42. The molecule has 17 heteroatoms. The number of nitrogens with zero attached hydrogens (tertiary/aromatic N) is 6. The van der Waals surface area contributed by atoms with Crippen molar-refractivity contribution in [1.82, 2.24) is 19.8 Å². The lowest BCUT2D eigenvalue weighted by atomic mass is 9.99. The van der Waals surface area contributed by atoms with Crippen molar-refractivity contribution in [2.75, 3.05) is 79.7 Å². The summed E-state index contributed by atoms with van der Waals surface area (Å²) in [7, 11) is -4.32. The fourth-order valence-electron chi connectivity index (χ4n) is 7.77. The van der Waals surface area contributed by atoms with E-state index in [1.165, 1.54) is 53.5 Å². The number of sulfonamides is 1. The van der Waals surface area contributed by atoms with Crippen molar-refractivity contribution in [3.8, 4) is 11.1 Å². The molecular formula is C45H46ClFN8O5S2. The van der Waals surface area contributed by atoms with Crippen molar-refractivity contribution in [2.24, 2.45) is 0 Å². The van der Waals surface area contributed by atoms with Crippen molar-refractivity contribution in [1.29, 1.82) is 0 Å². The van der Waals surface area contributed by atoms with Gasteiger partial charge in [0.1, 0.15) is 17.8 Å². The summed E-state index contributed by atoms with van der Waals surface area (Å²) in [4.78, 5) is 28.1. The van der Waals surface area contributed by atoms with Crippen LogP contribution in [0.4, 0.5) is 27.3 Å². The second-order valence-electron chi connectivity index (χ2n) is 15.2. The first-order valence-electron chi connectivity index (χ1n) is 20.4. The Morgan fingerprint density at radius 2 is 1.65 bits per heavy atom. The maximum Gasteiger partial charge on any atom is 0.293 e. The van der Waals surface area contributed by atoms with Crippen LogP contribution in [0.2, 0.25) is 5.02 Å². The van der Waals surface area contributed by atoms with Crippen LogP contribution in [0, 0.1) is 15.9 Å². The number of halogens is 2. The lowest BCUT2D eigenvalue weighted by Crippen LogP contribution is -2.46. The third-order valence-electron chi connectivity index (χ3n) is 11.1. The molecule has 0 radical (unpaired) electrons. The Bertz CT molecular complexity index is 2620. The van der Waals surface area contributed by atoms with Crippen molar-refractivity contribution < 1.29 is 22.5 Å². The number of fused-ring (bicyclic) bond motifs is 1. The number of nitro benzene ring substituents is 1. The van der Waals surface area contributed by atoms with Crippen LogP contribution in [0.3, 0.4) is 0 Å². The standard InChI is InChI=1S/C45H46ClFN8O5S2/c46-34-6-13-40(32-4-2-1-3-5-32)33(26-34)29-53-18-20-54(21-19-53)37-9-14-41-43(27-37)48-31-49-45(41)51-62(58,59)39-12-15-42(44(28-39)55(56)57)50-36(16-17-52-22-24-60-25-23-52)30-61-38-10-7-35(47)8-11-38/h1-15,26-28,31,36,50H,16-25,29-30H2,(H,48,49,51)/t36-/m1/s1. The van der Waals surface area contributed by atoms with E-state index in [0.717, 1.165) is 74.6 Å². The largest absolute Gasteiger partial charge is 0.379 e. The monoisotopic (exact) mass is 896 g/mol. The van der Waals surface area contributed by atoms with E-state index in [9.17, 15) is 22.9 Å². The summed E-state index contributed by atoms with van der Waals surface area (Å²) in [6.07, 6.45) is 1.96. The summed E-state index contributed by atoms with van der Waals surface area (Å²) in [5.74, 6) is 0.268. The van der Waals surface area contributed by atoms with Gasteiger partial charge in [-0.05, 0) is 89.8 Å². The number of nitrogens with one attached hydrogen (secondary N) is 2. The fourth-order valence-corrected chi connectivity index (χ4v) is 9.98. The normalized spacial score (nSPS) is 15.7. The van der Waals surface area contributed by atoms with Crippen LogP contribution in [0.5, 0.6) is 0 Å². The van der Waals surface area contributed by atoms with Crippen molar-refractivity contribution in [3.05, 3.63) is 142 Å². The van der Waals surface area contributed by atoms with Gasteiger partial charge in [0.25, 0.3) is 15.7 Å². The highest BCUT2D eigenvalue weighted by molar-refractivity contribution is 7.99. The van der Waals surface area contributed by atoms with Gasteiger partial charge in [-0.15, -0.1) is 11.8 Å². The zero-order valence-corrected chi connectivity index (χ0v) is 36.2. The zero-order chi connectivity index (χ0) is 43.1. The topological polar surface area (TPSA) is 146 Å². The Balaban J connectivity index is 0.940. The van der Waals surface area contributed by atoms with Gasteiger partial charge in [-0.2, -0.15) is 0 Å². The number of ether oxygens (including phenoxy) is 1. The number of aromatic nitrogens is 2. The minimum absolute atomic E-state index is 0.0629. The smallest absolute Gasteiger partial charge is 0.293 e. The predicted molar refractivity (Wildman–Crippen MR) is 244 cm³/mol. The number of rotatable bonds is 16. The van der Waals surface area contributed by atoms with Gasteiger partial charge < -0.3 is 15.0 Å². The fraction of sp³-hybridized carbons (Fsp3) is 0.289. The lowest BCUT2D eigenvalue weighted by Gasteiger charge is -2.36. The van der Waals surface area contributed by atoms with Crippen LogP contribution >= 0.6 is 23.4 Å². The van der Waals surface area contributed by atoms with Gasteiger partial charge >= 0.3 is 0 Å². The minimum atomic E-state index is -4.32. The quantitative estimate of drug-likeness (QED) is 0.0547. The van der Waals surface area contributed by atoms with Gasteiger partial charge in [0.2, 0.25) is 0 Å². The summed E-state index contributed by atoms with van der Waals surface area (Å²) in [5, 5.41) is 16.9. The first-order valence-corrected chi connectivity index (χ1v) is 23.2. The number of morpholine rings is 1. The Morgan fingerprint density at radius 1 is 0.871 bits per heavy atom. The van der Waals surface area contributed by atoms with Gasteiger partial charge in [-0.1, -0.05) is 48.0 Å². The van der Waals surface area contributed by atoms with Gasteiger partial charge in [-0.25, -0.2) is 22.8 Å². The molecular weight excluding hydrogens is 851 g/mol. The molecule has 0 aliphatic carbocycles. The van der Waals surface area contributed by atoms with E-state index >= 15 is 0 Å². The molecule has 8 rings (SSSR count). The highest BCUT2D eigenvalue weighted by Gasteiger charge is 2.26. The van der Waals surface area contributed by atoms with E-state index < -0.39 is 14.9 Å². The lowest BCUT2D eigenvalue weighted by molar-refractivity contribution is -0.384. The maximum absolute atomic E-state index is 13.8. The molecule has 1 atom stereocenters. The molecule has 5 aromatic carbocycles. The van der Waals surface area contributed by atoms with E-state index in [4.69, 9.17) is 16.3 Å². The number of benzene rings is 5. The molecule has 2 N–H and O–H groups in total. The Morgan fingerprint density at radius 3 is 2.40 bits per heavy atom. The summed E-state index contributed by atoms with van der Waals surface area (Å²) >= 11 is 7.94. The number of hydrogen-bond acceptors (Lipinski definition) is 12. The highest BCUT2D eigenvalue weighted by atomic mass is 35.5. The summed E-state index contributed by atoms with van der Waals surface area (Å²) in [6.45, 7) is 7.60. The Hall–Kier alpha value is -5.36. The van der Waals surface area contributed by atoms with Gasteiger partial charge in [-0.3, -0.25) is 24.6 Å². The Kier molecular flexibility index (Phi) is 13.8. The van der Waals surface area contributed by atoms with Crippen LogP contribution in [0.25, 0.3) is 22.0 Å². The highest BCUT2D eigenvalue weighted by Crippen LogP contribution is 2.33. The molecule has 0 amide bonds.